The number of carbonyl (C=O) groups is 2. The Hall–Kier alpha value is -6.05. The lowest BCUT2D eigenvalue weighted by Crippen LogP contribution is -2.29. The van der Waals surface area contributed by atoms with Crippen LogP contribution >= 0.6 is 47.7 Å². The van der Waals surface area contributed by atoms with Gasteiger partial charge in [-0.2, -0.15) is 23.4 Å². The van der Waals surface area contributed by atoms with Gasteiger partial charge in [0, 0.05) is 38.9 Å². The van der Waals surface area contributed by atoms with E-state index in [-0.39, 0.29) is 78.4 Å². The van der Waals surface area contributed by atoms with Crippen molar-refractivity contribution in [3.05, 3.63) is 135 Å². The first-order valence-electron chi connectivity index (χ1n) is 18.1. The van der Waals surface area contributed by atoms with Crippen LogP contribution in [0.3, 0.4) is 0 Å². The van der Waals surface area contributed by atoms with Crippen molar-refractivity contribution in [3.63, 3.8) is 0 Å². The fraction of sp³-hybridized carbons (Fsp3) is 0.0256. The molecule has 0 saturated carbocycles. The van der Waals surface area contributed by atoms with Crippen molar-refractivity contribution in [3.8, 4) is 22.9 Å². The van der Waals surface area contributed by atoms with E-state index in [0.29, 0.717) is 51.5 Å². The number of benzene rings is 5. The fourth-order valence-electron chi connectivity index (χ4n) is 6.89. The Morgan fingerprint density at radius 3 is 2.14 bits per heavy atom. The van der Waals surface area contributed by atoms with Gasteiger partial charge in [-0.1, -0.05) is 51.5 Å². The summed E-state index contributed by atoms with van der Waals surface area (Å²) >= 11 is 7.82. The van der Waals surface area contributed by atoms with E-state index in [1.165, 1.54) is 66.2 Å². The molecule has 0 amide bonds. The zero-order valence-electron chi connectivity index (χ0n) is 32.7. The summed E-state index contributed by atoms with van der Waals surface area (Å²) in [5, 5.41) is 42.8. The molecule has 1 aliphatic rings. The highest BCUT2D eigenvalue weighted by molar-refractivity contribution is 7.95. The second kappa shape index (κ2) is 19.8. The van der Waals surface area contributed by atoms with Crippen molar-refractivity contribution >= 4 is 103 Å². The summed E-state index contributed by atoms with van der Waals surface area (Å²) in [4.78, 5) is 55.5. The molecule has 0 atom stereocenters. The lowest BCUT2D eigenvalue weighted by molar-refractivity contribution is -0.432. The van der Waals surface area contributed by atoms with E-state index in [1.807, 2.05) is 0 Å². The number of rotatable bonds is 18. The molecule has 7 aromatic rings. The zero-order valence-corrected chi connectivity index (χ0v) is 36.7. The molecular weight excluding hydrogens is 972 g/mol. The summed E-state index contributed by atoms with van der Waals surface area (Å²) in [5.41, 5.74) is -0.334. The van der Waals surface area contributed by atoms with Crippen LogP contribution in [0.5, 0.6) is 11.8 Å². The SMILES string of the molecule is Cn1c(=O)c(C(=O)c2cccc(SOOO)c2)c2c3c(c(Nc4cc(Nc5nc(Cl)nc(Oc6ccc(SOOO)cc6)n5)c(S(=O)(=O)O)cc4SOOO)ccc31)C(=O)c1ccccc1-2. The van der Waals surface area contributed by atoms with Crippen LogP contribution in [0.25, 0.3) is 22.0 Å². The minimum atomic E-state index is -5.08. The summed E-state index contributed by atoms with van der Waals surface area (Å²) in [6.45, 7) is 0. The molecule has 2 heterocycles. The van der Waals surface area contributed by atoms with E-state index in [2.05, 4.69) is 53.7 Å². The normalized spacial score (nSPS) is 12.0. The Morgan fingerprint density at radius 1 is 0.727 bits per heavy atom. The molecule has 0 spiro atoms. The Bertz CT molecular complexity index is 3240. The minimum Gasteiger partial charge on any atom is -0.424 e. The number of ether oxygens (including phenoxy) is 1. The number of ketones is 2. The van der Waals surface area contributed by atoms with Crippen molar-refractivity contribution in [2.45, 2.75) is 19.6 Å². The van der Waals surface area contributed by atoms with Crippen molar-refractivity contribution in [2.24, 2.45) is 7.05 Å². The van der Waals surface area contributed by atoms with Crippen LogP contribution in [0.4, 0.5) is 23.0 Å². The lowest BCUT2D eigenvalue weighted by atomic mass is 9.80. The first-order chi connectivity index (χ1) is 31.8. The molecule has 338 valence electrons. The van der Waals surface area contributed by atoms with Gasteiger partial charge in [-0.05, 0) is 77.8 Å². The van der Waals surface area contributed by atoms with Gasteiger partial charge in [0.15, 0.2) is 11.6 Å². The van der Waals surface area contributed by atoms with E-state index in [1.54, 1.807) is 36.4 Å². The molecule has 22 nitrogen and oxygen atoms in total. The zero-order chi connectivity index (χ0) is 46.7. The number of anilines is 4. The van der Waals surface area contributed by atoms with Gasteiger partial charge in [-0.3, -0.25) is 18.9 Å². The van der Waals surface area contributed by atoms with Gasteiger partial charge < -0.3 is 19.9 Å². The Morgan fingerprint density at radius 2 is 1.42 bits per heavy atom. The van der Waals surface area contributed by atoms with Crippen LogP contribution in [-0.2, 0) is 45.3 Å². The predicted molar refractivity (Wildman–Crippen MR) is 234 cm³/mol. The highest BCUT2D eigenvalue weighted by Gasteiger charge is 2.34. The highest BCUT2D eigenvalue weighted by atomic mass is 35.5. The van der Waals surface area contributed by atoms with Crippen molar-refractivity contribution in [1.29, 1.82) is 0 Å². The van der Waals surface area contributed by atoms with E-state index < -0.39 is 37.4 Å². The molecule has 66 heavy (non-hydrogen) atoms. The predicted octanol–water partition coefficient (Wildman–Crippen LogP) is 8.63. The van der Waals surface area contributed by atoms with E-state index in [0.717, 1.165) is 6.07 Å². The van der Waals surface area contributed by atoms with Crippen molar-refractivity contribution in [1.82, 2.24) is 19.5 Å². The van der Waals surface area contributed by atoms with Gasteiger partial charge in [0.1, 0.15) is 10.6 Å². The van der Waals surface area contributed by atoms with Crippen LogP contribution in [0, 0.1) is 0 Å². The molecule has 0 saturated heterocycles. The molecule has 27 heteroatoms. The number of hydrogen-bond donors (Lipinski definition) is 6. The van der Waals surface area contributed by atoms with Gasteiger partial charge in [0.25, 0.3) is 15.7 Å². The molecule has 0 unspecified atom stereocenters. The molecule has 6 N–H and O–H groups in total. The van der Waals surface area contributed by atoms with E-state index in [9.17, 15) is 27.4 Å². The number of pyridine rings is 1. The van der Waals surface area contributed by atoms with Gasteiger partial charge in [-0.25, -0.2) is 15.8 Å². The second-order valence-electron chi connectivity index (χ2n) is 13.3. The first kappa shape index (κ1) is 46.5. The van der Waals surface area contributed by atoms with Crippen LogP contribution in [-0.4, -0.2) is 59.8 Å². The molecule has 0 radical (unpaired) electrons. The molecular formula is C39H25ClN6O16S4. The third-order valence-electron chi connectivity index (χ3n) is 9.53. The van der Waals surface area contributed by atoms with Crippen LogP contribution in [0.2, 0.25) is 5.28 Å². The van der Waals surface area contributed by atoms with Crippen molar-refractivity contribution < 1.29 is 71.2 Å². The standard InChI is InChI=1S/C39H25ClN6O16S4/c1-46-27-14-13-24(31-32(27)30(22-7-2-3-8-23(22)35(31)48)33(36(46)49)34(47)18-5-4-6-21(15-18)64-61-58-51)41-25-16-26(29(66(53,54)55)17-28(25)65-62-59-52)42-38-43-37(40)44-39(45-38)56-19-9-11-20(12-10-19)63-60-57-50/h2-17,41,50-52H,1H3,(H,53,54,55)(H,42,43,44,45). The summed E-state index contributed by atoms with van der Waals surface area (Å²) in [7, 11) is -3.64. The van der Waals surface area contributed by atoms with Gasteiger partial charge in [0.05, 0.1) is 74.7 Å². The lowest BCUT2D eigenvalue weighted by Gasteiger charge is -2.26. The quantitative estimate of drug-likeness (QED) is 0.0154. The van der Waals surface area contributed by atoms with Crippen molar-refractivity contribution in [2.75, 3.05) is 10.6 Å². The molecule has 5 aromatic carbocycles. The summed E-state index contributed by atoms with van der Waals surface area (Å²) in [6.07, 6.45) is 0. The van der Waals surface area contributed by atoms with E-state index in [4.69, 9.17) is 32.1 Å². The monoisotopic (exact) mass is 996 g/mol. The van der Waals surface area contributed by atoms with Crippen LogP contribution in [0.15, 0.2) is 121 Å². The van der Waals surface area contributed by atoms with Gasteiger partial charge >= 0.3 is 6.01 Å². The number of aromatic nitrogens is 4. The van der Waals surface area contributed by atoms with Gasteiger partial charge in [0.2, 0.25) is 11.2 Å². The fourth-order valence-corrected chi connectivity index (χ4v) is 9.01. The molecule has 2 aromatic heterocycles. The maximum absolute atomic E-state index is 14.7. The highest BCUT2D eigenvalue weighted by Crippen LogP contribution is 2.46. The number of nitrogens with zero attached hydrogens (tertiary/aromatic N) is 4. The van der Waals surface area contributed by atoms with Crippen LogP contribution in [0.1, 0.15) is 31.8 Å². The number of fused-ring (bicyclic) bond motifs is 2. The Balaban J connectivity index is 1.26. The summed E-state index contributed by atoms with van der Waals surface area (Å²) in [6, 6.07) is 23.3. The topological polar surface area (TPSA) is 299 Å². The molecule has 8 rings (SSSR count). The minimum absolute atomic E-state index is 0.000727. The molecule has 1 aliphatic carbocycles. The summed E-state index contributed by atoms with van der Waals surface area (Å²) in [5.74, 6) is -1.38. The average molecular weight is 997 g/mol. The van der Waals surface area contributed by atoms with Crippen LogP contribution < -0.4 is 20.9 Å². The Labute approximate surface area is 387 Å². The average Bonchev–Trinajstić information content (AvgIpc) is 3.30. The molecule has 0 fully saturated rings. The molecule has 0 aliphatic heterocycles. The number of halogens is 1. The number of hydrogen-bond acceptors (Lipinski definition) is 23. The van der Waals surface area contributed by atoms with E-state index >= 15 is 0 Å². The number of nitrogens with one attached hydrogen (secondary N) is 2. The first-order valence-corrected chi connectivity index (χ1v) is 22.2. The number of aryl methyl sites for hydroxylation is 1. The maximum Gasteiger partial charge on any atom is 0.328 e. The Kier molecular flexibility index (Phi) is 14.0. The second-order valence-corrected chi connectivity index (χ2v) is 17.3. The van der Waals surface area contributed by atoms with Gasteiger partial charge in [-0.15, -0.1) is 13.0 Å². The number of carbonyl (C=O) groups excluding carboxylic acids is 2. The third-order valence-corrected chi connectivity index (χ3v) is 12.4. The third kappa shape index (κ3) is 9.60. The summed E-state index contributed by atoms with van der Waals surface area (Å²) < 4.78 is 56.7. The molecule has 0 bridgehead atoms. The largest absolute Gasteiger partial charge is 0.424 e. The maximum atomic E-state index is 14.7. The smallest absolute Gasteiger partial charge is 0.328 e.